The first kappa shape index (κ1) is 22.0. The molecule has 0 aromatic heterocycles. The number of anilines is 1. The number of carbonyl (C=O) groups is 1. The molecule has 1 N–H and O–H groups in total. The van der Waals surface area contributed by atoms with Gasteiger partial charge in [0.2, 0.25) is 0 Å². The summed E-state index contributed by atoms with van der Waals surface area (Å²) in [5.74, 6) is -0.977. The molecule has 0 spiro atoms. The predicted molar refractivity (Wildman–Crippen MR) is 121 cm³/mol. The lowest BCUT2D eigenvalue weighted by atomic mass is 9.94. The zero-order chi connectivity index (χ0) is 21.3. The molecule has 3 rings (SSSR count). The number of fused-ring (bicyclic) bond motifs is 1. The number of benzene rings is 2. The molecule has 0 amide bonds. The number of carboxylic acid groups (broad SMARTS) is 1. The van der Waals surface area contributed by atoms with E-state index in [9.17, 15) is 9.90 Å². The summed E-state index contributed by atoms with van der Waals surface area (Å²) < 4.78 is 6.32. The number of aliphatic carboxylic acids is 1. The van der Waals surface area contributed by atoms with Crippen LogP contribution in [-0.4, -0.2) is 28.7 Å². The van der Waals surface area contributed by atoms with Gasteiger partial charge in [0.1, 0.15) is 17.2 Å². The highest BCUT2D eigenvalue weighted by atomic mass is 35.5. The van der Waals surface area contributed by atoms with Gasteiger partial charge in [-0.2, -0.15) is 0 Å². The number of rotatable bonds is 4. The van der Waals surface area contributed by atoms with E-state index in [-0.39, 0.29) is 11.8 Å². The predicted octanol–water partition coefficient (Wildman–Crippen LogP) is 6.14. The average molecular weight is 452 g/mol. The summed E-state index contributed by atoms with van der Waals surface area (Å²) in [6, 6.07) is 12.9. The maximum absolute atomic E-state index is 11.5. The number of hydrogen-bond acceptors (Lipinski definition) is 3. The standard InChI is InChI=1S/C22H23Cl2NO3S/c1-22(2,3)12-25-17-9-8-13(23)10-15(17)20(14-6-4-5-7-16(14)24)28-18(21(25)29)11-19(26)27/h4-10,18,20H,11-12H2,1-3H3,(H,26,27)/t18-,20-/m1/s1. The van der Waals surface area contributed by atoms with Crippen LogP contribution < -0.4 is 4.90 Å². The molecule has 4 nitrogen and oxygen atoms in total. The van der Waals surface area contributed by atoms with Gasteiger partial charge in [-0.3, -0.25) is 4.79 Å². The molecular formula is C22H23Cl2NO3S. The summed E-state index contributed by atoms with van der Waals surface area (Å²) in [7, 11) is 0. The molecule has 0 radical (unpaired) electrons. The molecule has 1 aliphatic rings. The third-order valence-corrected chi connectivity index (χ3v) is 5.65. The van der Waals surface area contributed by atoms with E-state index < -0.39 is 18.2 Å². The first-order valence-corrected chi connectivity index (χ1v) is 10.5. The van der Waals surface area contributed by atoms with E-state index in [1.807, 2.05) is 35.2 Å². The maximum Gasteiger partial charge on any atom is 0.306 e. The van der Waals surface area contributed by atoms with E-state index >= 15 is 0 Å². The van der Waals surface area contributed by atoms with E-state index in [0.29, 0.717) is 21.6 Å². The van der Waals surface area contributed by atoms with Crippen molar-refractivity contribution >= 4 is 52.1 Å². The molecule has 7 heteroatoms. The minimum atomic E-state index is -0.977. The SMILES string of the molecule is CC(C)(C)CN1C(=S)[C@@H](CC(=O)O)O[C@H](c2ccccc2Cl)c2cc(Cl)ccc21. The fraction of sp³-hybridized carbons (Fsp3) is 0.364. The minimum Gasteiger partial charge on any atom is -0.481 e. The third kappa shape index (κ3) is 5.10. The minimum absolute atomic E-state index is 0.0844. The number of hydrogen-bond donors (Lipinski definition) is 1. The topological polar surface area (TPSA) is 49.8 Å². The van der Waals surface area contributed by atoms with Crippen LogP contribution in [-0.2, 0) is 9.53 Å². The Balaban J connectivity index is 2.22. The molecule has 2 aromatic rings. The van der Waals surface area contributed by atoms with E-state index in [1.54, 1.807) is 12.1 Å². The smallest absolute Gasteiger partial charge is 0.306 e. The number of halogens is 2. The highest BCUT2D eigenvalue weighted by Gasteiger charge is 2.37. The lowest BCUT2D eigenvalue weighted by molar-refractivity contribution is -0.139. The molecular weight excluding hydrogens is 429 g/mol. The van der Waals surface area contributed by atoms with E-state index in [0.717, 1.165) is 16.8 Å². The van der Waals surface area contributed by atoms with Gasteiger partial charge in [-0.25, -0.2) is 0 Å². The molecule has 0 unspecified atom stereocenters. The molecule has 0 aliphatic carbocycles. The Labute approximate surface area is 186 Å². The Kier molecular flexibility index (Phi) is 6.54. The van der Waals surface area contributed by atoms with Crippen LogP contribution in [0.5, 0.6) is 0 Å². The summed E-state index contributed by atoms with van der Waals surface area (Å²) in [6.45, 7) is 6.92. The molecule has 0 saturated heterocycles. The van der Waals surface area contributed by atoms with Crippen molar-refractivity contribution in [1.29, 1.82) is 0 Å². The molecule has 29 heavy (non-hydrogen) atoms. The molecule has 2 aromatic carbocycles. The van der Waals surface area contributed by atoms with Gasteiger partial charge in [0.15, 0.2) is 0 Å². The van der Waals surface area contributed by atoms with Crippen LogP contribution in [0.4, 0.5) is 5.69 Å². The molecule has 1 heterocycles. The largest absolute Gasteiger partial charge is 0.481 e. The first-order chi connectivity index (χ1) is 13.6. The maximum atomic E-state index is 11.5. The lowest BCUT2D eigenvalue weighted by Crippen LogP contribution is -2.43. The van der Waals surface area contributed by atoms with Crippen LogP contribution >= 0.6 is 35.4 Å². The molecule has 0 fully saturated rings. The van der Waals surface area contributed by atoms with Crippen LogP contribution in [0.25, 0.3) is 0 Å². The lowest BCUT2D eigenvalue weighted by Gasteiger charge is -2.33. The number of carboxylic acids is 1. The van der Waals surface area contributed by atoms with Gasteiger partial charge in [0, 0.05) is 33.4 Å². The Morgan fingerprint density at radius 2 is 1.86 bits per heavy atom. The Morgan fingerprint density at radius 1 is 1.17 bits per heavy atom. The van der Waals surface area contributed by atoms with Crippen LogP contribution in [0.2, 0.25) is 10.0 Å². The van der Waals surface area contributed by atoms with Gasteiger partial charge in [-0.15, -0.1) is 0 Å². The van der Waals surface area contributed by atoms with Crippen LogP contribution in [0.3, 0.4) is 0 Å². The Bertz CT molecular complexity index is 942. The molecule has 0 saturated carbocycles. The monoisotopic (exact) mass is 451 g/mol. The van der Waals surface area contributed by atoms with Crippen LogP contribution in [0.15, 0.2) is 42.5 Å². The molecule has 2 atom stereocenters. The van der Waals surface area contributed by atoms with Gasteiger partial charge in [-0.1, -0.05) is 74.4 Å². The second-order valence-corrected chi connectivity index (χ2v) is 9.57. The van der Waals surface area contributed by atoms with Crippen molar-refractivity contribution in [3.63, 3.8) is 0 Å². The summed E-state index contributed by atoms with van der Waals surface area (Å²) in [5, 5.41) is 10.6. The van der Waals surface area contributed by atoms with Gasteiger partial charge in [0.25, 0.3) is 0 Å². The average Bonchev–Trinajstić information content (AvgIpc) is 2.71. The molecule has 1 aliphatic heterocycles. The van der Waals surface area contributed by atoms with Crippen LogP contribution in [0.1, 0.15) is 44.4 Å². The number of nitrogens with zero attached hydrogens (tertiary/aromatic N) is 1. The summed E-state index contributed by atoms with van der Waals surface area (Å²) in [6.07, 6.45) is -1.61. The van der Waals surface area contributed by atoms with Gasteiger partial charge in [-0.05, 0) is 29.7 Å². The van der Waals surface area contributed by atoms with Gasteiger partial charge in [0.05, 0.1) is 6.42 Å². The van der Waals surface area contributed by atoms with Crippen molar-refractivity contribution in [3.05, 3.63) is 63.6 Å². The zero-order valence-corrected chi connectivity index (χ0v) is 18.8. The van der Waals surface area contributed by atoms with E-state index in [1.165, 1.54) is 0 Å². The highest BCUT2D eigenvalue weighted by Crippen LogP contribution is 2.42. The van der Waals surface area contributed by atoms with Crippen LogP contribution in [0, 0.1) is 5.41 Å². The van der Waals surface area contributed by atoms with Crippen molar-refractivity contribution in [2.24, 2.45) is 5.41 Å². The van der Waals surface area contributed by atoms with Crippen molar-refractivity contribution in [3.8, 4) is 0 Å². The van der Waals surface area contributed by atoms with Crippen molar-refractivity contribution in [1.82, 2.24) is 0 Å². The van der Waals surface area contributed by atoms with E-state index in [2.05, 4.69) is 20.8 Å². The van der Waals surface area contributed by atoms with Gasteiger partial charge < -0.3 is 14.7 Å². The Hall–Kier alpha value is -1.66. The second kappa shape index (κ2) is 8.60. The van der Waals surface area contributed by atoms with Crippen molar-refractivity contribution < 1.29 is 14.6 Å². The summed E-state index contributed by atoms with van der Waals surface area (Å²) in [4.78, 5) is 14.0. The fourth-order valence-corrected chi connectivity index (χ4v) is 4.15. The van der Waals surface area contributed by atoms with Gasteiger partial charge >= 0.3 is 5.97 Å². The summed E-state index contributed by atoms with van der Waals surface area (Å²) in [5.41, 5.74) is 2.32. The highest BCUT2D eigenvalue weighted by molar-refractivity contribution is 7.80. The molecule has 0 bridgehead atoms. The first-order valence-electron chi connectivity index (χ1n) is 9.29. The summed E-state index contributed by atoms with van der Waals surface area (Å²) >= 11 is 18.5. The zero-order valence-electron chi connectivity index (χ0n) is 16.5. The van der Waals surface area contributed by atoms with Crippen molar-refractivity contribution in [2.45, 2.75) is 39.4 Å². The third-order valence-electron chi connectivity index (χ3n) is 4.58. The second-order valence-electron chi connectivity index (χ2n) is 8.31. The quantitative estimate of drug-likeness (QED) is 0.565. The van der Waals surface area contributed by atoms with Crippen molar-refractivity contribution in [2.75, 3.05) is 11.4 Å². The molecule has 154 valence electrons. The normalized spacial score (nSPS) is 19.6. The fourth-order valence-electron chi connectivity index (χ4n) is 3.43. The number of ether oxygens (including phenoxy) is 1. The Morgan fingerprint density at radius 3 is 2.48 bits per heavy atom. The van der Waals surface area contributed by atoms with E-state index in [4.69, 9.17) is 40.2 Å². The number of thiocarbonyl (C=S) groups is 1.